The Kier molecular flexibility index (Phi) is 8.10. The van der Waals surface area contributed by atoms with Gasteiger partial charge < -0.3 is 14.8 Å². The molecule has 0 amide bonds. The summed E-state index contributed by atoms with van der Waals surface area (Å²) in [5, 5.41) is 3.84. The number of methoxy groups -OCH3 is 1. The van der Waals surface area contributed by atoms with Crippen LogP contribution in [0, 0.1) is 5.92 Å². The fourth-order valence-corrected chi connectivity index (χ4v) is 6.54. The van der Waals surface area contributed by atoms with Crippen LogP contribution in [0.1, 0.15) is 62.9 Å². The van der Waals surface area contributed by atoms with E-state index in [1.54, 1.807) is 6.07 Å². The zero-order valence-electron chi connectivity index (χ0n) is 24.8. The lowest BCUT2D eigenvalue weighted by molar-refractivity contribution is -0.140. The molecule has 0 radical (unpaired) electrons. The molecule has 4 aromatic rings. The number of pyridine rings is 2. The van der Waals surface area contributed by atoms with Gasteiger partial charge in [-0.3, -0.25) is 9.78 Å². The Balaban J connectivity index is 1.30. The van der Waals surface area contributed by atoms with Crippen molar-refractivity contribution in [2.45, 2.75) is 76.4 Å². The predicted molar refractivity (Wildman–Crippen MR) is 159 cm³/mol. The highest BCUT2D eigenvalue weighted by molar-refractivity contribution is 5.93. The lowest BCUT2D eigenvalue weighted by Gasteiger charge is -2.45. The molecule has 1 aliphatic carbocycles. The highest BCUT2D eigenvalue weighted by atomic mass is 19.4. The maximum atomic E-state index is 13.8. The van der Waals surface area contributed by atoms with Gasteiger partial charge in [0.25, 0.3) is 0 Å². The Morgan fingerprint density at radius 3 is 2.39 bits per heavy atom. The SMILES string of the molecule is COCc1nc(Nc2ccc(C3(C(=O)C4C[C@@H](C)O[C@@H](C)C4)CCC3)cc2)c2ccc(-c3ncccc3C(F)(F)F)nc2n1. The minimum atomic E-state index is -4.59. The average molecular weight is 606 g/mol. The average Bonchev–Trinajstić information content (AvgIpc) is 2.96. The third-order valence-electron chi connectivity index (χ3n) is 8.68. The van der Waals surface area contributed by atoms with Crippen LogP contribution >= 0.6 is 0 Å². The molecular weight excluding hydrogens is 571 g/mol. The Morgan fingerprint density at radius 2 is 1.75 bits per heavy atom. The minimum Gasteiger partial charge on any atom is -0.377 e. The number of carbonyl (C=O) groups is 1. The van der Waals surface area contributed by atoms with Crippen LogP contribution in [0.2, 0.25) is 0 Å². The van der Waals surface area contributed by atoms with Crippen LogP contribution in [-0.2, 0) is 32.5 Å². The second-order valence-corrected chi connectivity index (χ2v) is 11.8. The number of anilines is 2. The number of carbonyl (C=O) groups excluding carboxylic acids is 1. The minimum absolute atomic E-state index is 0.00544. The molecule has 1 unspecified atom stereocenters. The first-order valence-corrected chi connectivity index (χ1v) is 14.8. The number of hydrogen-bond acceptors (Lipinski definition) is 8. The lowest BCUT2D eigenvalue weighted by Crippen LogP contribution is -2.48. The summed E-state index contributed by atoms with van der Waals surface area (Å²) in [6.45, 7) is 4.15. The Labute approximate surface area is 253 Å². The van der Waals surface area contributed by atoms with Gasteiger partial charge >= 0.3 is 6.18 Å². The summed E-state index contributed by atoms with van der Waals surface area (Å²) in [6.07, 6.45) is 1.07. The largest absolute Gasteiger partial charge is 0.418 e. The molecule has 4 heterocycles. The molecule has 3 atom stereocenters. The Hall–Kier alpha value is -3.96. The summed E-state index contributed by atoms with van der Waals surface area (Å²) in [6, 6.07) is 13.2. The van der Waals surface area contributed by atoms with Gasteiger partial charge in [0.15, 0.2) is 11.5 Å². The summed E-state index contributed by atoms with van der Waals surface area (Å²) < 4.78 is 52.1. The predicted octanol–water partition coefficient (Wildman–Crippen LogP) is 7.19. The van der Waals surface area contributed by atoms with E-state index in [2.05, 4.69) is 25.3 Å². The molecule has 1 aromatic carbocycles. The van der Waals surface area contributed by atoms with Gasteiger partial charge in [0, 0.05) is 24.9 Å². The highest BCUT2D eigenvalue weighted by Gasteiger charge is 2.49. The number of alkyl halides is 3. The summed E-state index contributed by atoms with van der Waals surface area (Å²) in [5.74, 6) is 1.07. The third-order valence-corrected chi connectivity index (χ3v) is 8.68. The summed E-state index contributed by atoms with van der Waals surface area (Å²) >= 11 is 0. The standard InChI is InChI=1S/C33H34F3N5O3/c1-19-16-21(17-20(2)44-19)29(42)32(13-5-14-32)22-7-9-23(10-8-22)38-30-24-11-12-26(39-31(24)41-27(40-30)18-43-3)28-25(33(34,35)36)6-4-15-37-28/h4,6-12,15,19-21H,5,13-14,16-18H2,1-3H3,(H,38,39,40,41)/t19-,20+,21?. The number of Topliss-reactive ketones (excluding diaryl/α,β-unsaturated/α-hetero) is 1. The van der Waals surface area contributed by atoms with Gasteiger partial charge in [-0.15, -0.1) is 0 Å². The summed E-state index contributed by atoms with van der Waals surface area (Å²) in [4.78, 5) is 31.3. The normalized spacial score (nSPS) is 21.5. The zero-order valence-corrected chi connectivity index (χ0v) is 24.8. The fourth-order valence-electron chi connectivity index (χ4n) is 6.54. The van der Waals surface area contributed by atoms with Crippen molar-refractivity contribution < 1.29 is 27.4 Å². The first-order chi connectivity index (χ1) is 21.1. The van der Waals surface area contributed by atoms with Crippen molar-refractivity contribution in [1.29, 1.82) is 0 Å². The molecule has 0 bridgehead atoms. The number of ketones is 1. The van der Waals surface area contributed by atoms with Gasteiger partial charge in [-0.05, 0) is 81.5 Å². The van der Waals surface area contributed by atoms with E-state index in [4.69, 9.17) is 9.47 Å². The van der Waals surface area contributed by atoms with E-state index < -0.39 is 17.2 Å². The van der Waals surface area contributed by atoms with Crippen molar-refractivity contribution in [3.05, 3.63) is 71.7 Å². The Morgan fingerprint density at radius 1 is 1.02 bits per heavy atom. The summed E-state index contributed by atoms with van der Waals surface area (Å²) in [7, 11) is 1.51. The monoisotopic (exact) mass is 605 g/mol. The molecule has 6 rings (SSSR count). The van der Waals surface area contributed by atoms with Gasteiger partial charge in [0.05, 0.1) is 34.3 Å². The van der Waals surface area contributed by atoms with E-state index in [1.165, 1.54) is 25.4 Å². The second kappa shape index (κ2) is 11.9. The van der Waals surface area contributed by atoms with Crippen LogP contribution in [0.5, 0.6) is 0 Å². The van der Waals surface area contributed by atoms with E-state index in [0.717, 1.165) is 49.4 Å². The van der Waals surface area contributed by atoms with Crippen molar-refractivity contribution in [1.82, 2.24) is 19.9 Å². The number of benzene rings is 1. The first-order valence-electron chi connectivity index (χ1n) is 14.8. The molecule has 3 aromatic heterocycles. The molecule has 1 saturated heterocycles. The van der Waals surface area contributed by atoms with Crippen molar-refractivity contribution in [3.8, 4) is 11.4 Å². The Bertz CT molecular complexity index is 1660. The van der Waals surface area contributed by atoms with E-state index >= 15 is 0 Å². The number of nitrogens with one attached hydrogen (secondary N) is 1. The van der Waals surface area contributed by atoms with E-state index in [9.17, 15) is 18.0 Å². The summed E-state index contributed by atoms with van der Waals surface area (Å²) in [5.41, 5.74) is 0.395. The van der Waals surface area contributed by atoms with E-state index in [0.29, 0.717) is 22.8 Å². The number of rotatable bonds is 8. The molecular formula is C33H34F3N5O3. The van der Waals surface area contributed by atoms with Crippen LogP contribution < -0.4 is 5.32 Å². The molecule has 1 saturated carbocycles. The second-order valence-electron chi connectivity index (χ2n) is 11.8. The first kappa shape index (κ1) is 30.1. The lowest BCUT2D eigenvalue weighted by atomic mass is 9.58. The maximum Gasteiger partial charge on any atom is 0.418 e. The van der Waals surface area contributed by atoms with Crippen molar-refractivity contribution in [2.24, 2.45) is 5.92 Å². The smallest absolute Gasteiger partial charge is 0.377 e. The number of ether oxygens (including phenoxy) is 2. The zero-order chi connectivity index (χ0) is 31.1. The molecule has 230 valence electrons. The van der Waals surface area contributed by atoms with E-state index in [1.807, 2.05) is 38.1 Å². The number of fused-ring (bicyclic) bond motifs is 1. The van der Waals surface area contributed by atoms with Crippen molar-refractivity contribution >= 4 is 28.3 Å². The maximum absolute atomic E-state index is 13.8. The topological polar surface area (TPSA) is 99.1 Å². The van der Waals surface area contributed by atoms with Gasteiger partial charge in [0.2, 0.25) is 0 Å². The third kappa shape index (κ3) is 5.78. The molecule has 11 heteroatoms. The fraction of sp³-hybridized carbons (Fsp3) is 0.424. The highest BCUT2D eigenvalue weighted by Crippen LogP contribution is 2.48. The molecule has 44 heavy (non-hydrogen) atoms. The van der Waals surface area contributed by atoms with Crippen molar-refractivity contribution in [3.63, 3.8) is 0 Å². The molecule has 1 N–H and O–H groups in total. The molecule has 1 aliphatic heterocycles. The van der Waals surface area contributed by atoms with Crippen LogP contribution in [0.15, 0.2) is 54.7 Å². The molecule has 0 spiro atoms. The van der Waals surface area contributed by atoms with Gasteiger partial charge in [-0.2, -0.15) is 13.2 Å². The van der Waals surface area contributed by atoms with Crippen LogP contribution in [-0.4, -0.2) is 45.0 Å². The molecule has 2 fully saturated rings. The molecule has 2 aliphatic rings. The van der Waals surface area contributed by atoms with Crippen LogP contribution in [0.4, 0.5) is 24.7 Å². The number of nitrogens with zero attached hydrogens (tertiary/aromatic N) is 4. The molecule has 8 nitrogen and oxygen atoms in total. The van der Waals surface area contributed by atoms with Gasteiger partial charge in [-0.25, -0.2) is 15.0 Å². The quantitative estimate of drug-likeness (QED) is 0.225. The van der Waals surface area contributed by atoms with Crippen molar-refractivity contribution in [2.75, 3.05) is 12.4 Å². The van der Waals surface area contributed by atoms with Crippen LogP contribution in [0.3, 0.4) is 0 Å². The number of aromatic nitrogens is 4. The van der Waals surface area contributed by atoms with Gasteiger partial charge in [-0.1, -0.05) is 18.6 Å². The number of hydrogen-bond donors (Lipinski definition) is 1. The number of halogens is 3. The van der Waals surface area contributed by atoms with Gasteiger partial charge in [0.1, 0.15) is 23.9 Å². The van der Waals surface area contributed by atoms with Crippen LogP contribution in [0.25, 0.3) is 22.4 Å². The van der Waals surface area contributed by atoms with E-state index in [-0.39, 0.29) is 41.8 Å².